The number of hydrogen-bond acceptors (Lipinski definition) is 3. The second kappa shape index (κ2) is 3.99. The predicted octanol–water partition coefficient (Wildman–Crippen LogP) is 2.51. The van der Waals surface area contributed by atoms with E-state index in [1.54, 1.807) is 6.07 Å². The molecule has 0 unspecified atom stereocenters. The van der Waals surface area contributed by atoms with Crippen molar-refractivity contribution < 1.29 is 15.0 Å². The molecule has 70 valence electrons. The van der Waals surface area contributed by atoms with Crippen LogP contribution in [0.3, 0.4) is 0 Å². The van der Waals surface area contributed by atoms with Crippen LogP contribution >= 0.6 is 45.2 Å². The van der Waals surface area contributed by atoms with Crippen molar-refractivity contribution >= 4 is 51.0 Å². The summed E-state index contributed by atoms with van der Waals surface area (Å²) in [4.78, 5) is 11.1. The Balaban J connectivity index is 3.53. The fourth-order valence-corrected chi connectivity index (χ4v) is 3.04. The first kappa shape index (κ1) is 11.0. The van der Waals surface area contributed by atoms with E-state index in [9.17, 15) is 15.0 Å². The summed E-state index contributed by atoms with van der Waals surface area (Å²) in [5.41, 5.74) is 0.179. The van der Waals surface area contributed by atoms with Gasteiger partial charge < -0.3 is 10.2 Å². The molecule has 0 saturated heterocycles. The zero-order valence-electron chi connectivity index (χ0n) is 6.64. The molecular formula is C8H6I2O3. The Morgan fingerprint density at radius 3 is 2.23 bits per heavy atom. The molecular weight excluding hydrogens is 398 g/mol. The van der Waals surface area contributed by atoms with Crippen molar-refractivity contribution in [1.29, 1.82) is 0 Å². The Labute approximate surface area is 102 Å². The Morgan fingerprint density at radius 2 is 1.77 bits per heavy atom. The highest BCUT2D eigenvalue weighted by Crippen LogP contribution is 2.36. The molecule has 0 amide bonds. The number of halogens is 2. The SMILES string of the molecule is CC(=O)c1c(I)cc(I)c(O)c1O. The van der Waals surface area contributed by atoms with E-state index in [4.69, 9.17) is 0 Å². The van der Waals surface area contributed by atoms with Gasteiger partial charge in [0, 0.05) is 3.57 Å². The van der Waals surface area contributed by atoms with Crippen LogP contribution in [0.5, 0.6) is 11.5 Å². The Morgan fingerprint density at radius 1 is 1.23 bits per heavy atom. The minimum Gasteiger partial charge on any atom is -0.504 e. The van der Waals surface area contributed by atoms with Gasteiger partial charge in [-0.1, -0.05) is 0 Å². The zero-order chi connectivity index (χ0) is 10.2. The fraction of sp³-hybridized carbons (Fsp3) is 0.125. The molecule has 1 rings (SSSR count). The van der Waals surface area contributed by atoms with E-state index in [2.05, 4.69) is 0 Å². The average Bonchev–Trinajstić information content (AvgIpc) is 1.99. The van der Waals surface area contributed by atoms with Crippen LogP contribution in [-0.4, -0.2) is 16.0 Å². The van der Waals surface area contributed by atoms with Gasteiger partial charge in [-0.3, -0.25) is 4.79 Å². The van der Waals surface area contributed by atoms with E-state index in [-0.39, 0.29) is 22.8 Å². The van der Waals surface area contributed by atoms with Gasteiger partial charge in [-0.2, -0.15) is 0 Å². The Hall–Kier alpha value is -0.0500. The molecule has 0 aliphatic heterocycles. The lowest BCUT2D eigenvalue weighted by Crippen LogP contribution is -1.97. The Kier molecular flexibility index (Phi) is 3.38. The quantitative estimate of drug-likeness (QED) is 0.430. The molecule has 5 heteroatoms. The van der Waals surface area contributed by atoms with E-state index in [1.165, 1.54) is 6.92 Å². The summed E-state index contributed by atoms with van der Waals surface area (Å²) in [6, 6.07) is 1.65. The van der Waals surface area contributed by atoms with Crippen LogP contribution in [0, 0.1) is 7.14 Å². The van der Waals surface area contributed by atoms with E-state index in [1.807, 2.05) is 45.2 Å². The molecule has 0 saturated carbocycles. The summed E-state index contributed by atoms with van der Waals surface area (Å²) in [5, 5.41) is 18.8. The van der Waals surface area contributed by atoms with Crippen molar-refractivity contribution in [3.63, 3.8) is 0 Å². The van der Waals surface area contributed by atoms with Crippen LogP contribution in [0.1, 0.15) is 17.3 Å². The minimum absolute atomic E-state index is 0.179. The van der Waals surface area contributed by atoms with Gasteiger partial charge in [0.05, 0.1) is 9.13 Å². The first-order valence-corrected chi connectivity index (χ1v) is 5.51. The molecule has 1 aromatic carbocycles. The highest BCUT2D eigenvalue weighted by molar-refractivity contribution is 14.1. The van der Waals surface area contributed by atoms with E-state index in [0.717, 1.165) is 0 Å². The van der Waals surface area contributed by atoms with Crippen molar-refractivity contribution in [1.82, 2.24) is 0 Å². The van der Waals surface area contributed by atoms with Crippen molar-refractivity contribution in [2.24, 2.45) is 0 Å². The molecule has 0 heterocycles. The van der Waals surface area contributed by atoms with Crippen molar-refractivity contribution in [2.75, 3.05) is 0 Å². The summed E-state index contributed by atoms with van der Waals surface area (Å²) < 4.78 is 1.18. The number of hydrogen-bond donors (Lipinski definition) is 2. The third-order valence-corrected chi connectivity index (χ3v) is 3.20. The largest absolute Gasteiger partial charge is 0.504 e. The first-order valence-electron chi connectivity index (χ1n) is 3.36. The second-order valence-corrected chi connectivity index (χ2v) is 4.79. The predicted molar refractivity (Wildman–Crippen MR) is 65.2 cm³/mol. The lowest BCUT2D eigenvalue weighted by molar-refractivity contribution is 0.101. The van der Waals surface area contributed by atoms with Gasteiger partial charge in [0.25, 0.3) is 0 Å². The maximum absolute atomic E-state index is 11.1. The highest BCUT2D eigenvalue weighted by Gasteiger charge is 2.17. The lowest BCUT2D eigenvalue weighted by Gasteiger charge is -2.07. The molecule has 3 nitrogen and oxygen atoms in total. The van der Waals surface area contributed by atoms with E-state index in [0.29, 0.717) is 7.14 Å². The first-order chi connectivity index (χ1) is 5.95. The molecule has 1 aromatic rings. The number of Topliss-reactive ketones (excluding diaryl/α,β-unsaturated/α-hetero) is 1. The van der Waals surface area contributed by atoms with Crippen molar-refractivity contribution in [3.8, 4) is 11.5 Å². The van der Waals surface area contributed by atoms with Crippen molar-refractivity contribution in [3.05, 3.63) is 18.8 Å². The fourth-order valence-electron chi connectivity index (χ4n) is 0.931. The van der Waals surface area contributed by atoms with Crippen LogP contribution in [0.2, 0.25) is 0 Å². The average molecular weight is 404 g/mol. The van der Waals surface area contributed by atoms with Gasteiger partial charge in [-0.25, -0.2) is 0 Å². The van der Waals surface area contributed by atoms with Gasteiger partial charge in [0.2, 0.25) is 0 Å². The molecule has 0 aromatic heterocycles. The topological polar surface area (TPSA) is 57.5 Å². The highest BCUT2D eigenvalue weighted by atomic mass is 127. The molecule has 0 aliphatic carbocycles. The molecule has 0 bridgehead atoms. The van der Waals surface area contributed by atoms with Gasteiger partial charge in [0.1, 0.15) is 0 Å². The molecule has 0 radical (unpaired) electrons. The van der Waals surface area contributed by atoms with Gasteiger partial charge >= 0.3 is 0 Å². The number of carbonyl (C=O) groups excluding carboxylic acids is 1. The van der Waals surface area contributed by atoms with Gasteiger partial charge in [-0.15, -0.1) is 0 Å². The number of ketones is 1. The summed E-state index contributed by atoms with van der Waals surface area (Å²) in [6.07, 6.45) is 0. The van der Waals surface area contributed by atoms with E-state index < -0.39 is 0 Å². The summed E-state index contributed by atoms with van der Waals surface area (Å²) in [7, 11) is 0. The third kappa shape index (κ3) is 2.06. The van der Waals surface area contributed by atoms with Crippen LogP contribution < -0.4 is 0 Å². The Bertz CT molecular complexity index is 374. The monoisotopic (exact) mass is 404 g/mol. The van der Waals surface area contributed by atoms with Gasteiger partial charge in [0.15, 0.2) is 17.3 Å². The zero-order valence-corrected chi connectivity index (χ0v) is 11.0. The van der Waals surface area contributed by atoms with Crippen LogP contribution in [0.25, 0.3) is 0 Å². The number of aromatic hydroxyl groups is 2. The maximum atomic E-state index is 11.1. The standard InChI is InChI=1S/C8H6I2O3/c1-3(11)6-4(9)2-5(10)7(12)8(6)13/h2,12-13H,1H3. The number of benzene rings is 1. The molecule has 0 fully saturated rings. The molecule has 2 N–H and O–H groups in total. The minimum atomic E-state index is -0.330. The molecule has 13 heavy (non-hydrogen) atoms. The second-order valence-electron chi connectivity index (χ2n) is 2.47. The summed E-state index contributed by atoms with van der Waals surface area (Å²) >= 11 is 3.84. The van der Waals surface area contributed by atoms with Gasteiger partial charge in [-0.05, 0) is 58.2 Å². The number of carbonyl (C=O) groups is 1. The number of rotatable bonds is 1. The summed E-state index contributed by atoms with van der Waals surface area (Å²) in [5.74, 6) is -0.816. The van der Waals surface area contributed by atoms with Crippen LogP contribution in [0.4, 0.5) is 0 Å². The van der Waals surface area contributed by atoms with Crippen LogP contribution in [-0.2, 0) is 0 Å². The molecule has 0 spiro atoms. The van der Waals surface area contributed by atoms with Crippen LogP contribution in [0.15, 0.2) is 6.07 Å². The normalized spacial score (nSPS) is 10.1. The smallest absolute Gasteiger partial charge is 0.171 e. The molecule has 0 atom stereocenters. The summed E-state index contributed by atoms with van der Waals surface area (Å²) in [6.45, 7) is 1.35. The third-order valence-electron chi connectivity index (χ3n) is 1.53. The lowest BCUT2D eigenvalue weighted by atomic mass is 10.1. The van der Waals surface area contributed by atoms with E-state index >= 15 is 0 Å². The van der Waals surface area contributed by atoms with Crippen molar-refractivity contribution in [2.45, 2.75) is 6.92 Å². The number of phenols is 2. The number of phenolic OH excluding ortho intramolecular Hbond substituents is 2. The molecule has 0 aliphatic rings. The maximum Gasteiger partial charge on any atom is 0.171 e.